The quantitative estimate of drug-likeness (QED) is 0.764. The Morgan fingerprint density at radius 3 is 3.00 bits per heavy atom. The van der Waals surface area contributed by atoms with E-state index in [0.29, 0.717) is 5.69 Å². The monoisotopic (exact) mass is 305 g/mol. The first-order chi connectivity index (χ1) is 11.2. The first-order valence-electron chi connectivity index (χ1n) is 7.62. The molecule has 0 unspecified atom stereocenters. The number of hydrogen-bond acceptors (Lipinski definition) is 3. The van der Waals surface area contributed by atoms with Crippen LogP contribution in [0.2, 0.25) is 0 Å². The Kier molecular flexibility index (Phi) is 3.19. The number of aromatic amines is 1. The van der Waals surface area contributed by atoms with Crippen LogP contribution in [0.3, 0.4) is 0 Å². The number of benzene rings is 1. The van der Waals surface area contributed by atoms with E-state index < -0.39 is 5.91 Å². The number of anilines is 1. The molecule has 2 N–H and O–H groups in total. The molecular weight excluding hydrogens is 290 g/mol. The molecule has 0 aliphatic heterocycles. The fourth-order valence-corrected chi connectivity index (χ4v) is 3.08. The number of carbonyl (C=O) groups excluding carboxylic acids is 1. The van der Waals surface area contributed by atoms with Crippen LogP contribution in [0, 0.1) is 0 Å². The third-order valence-electron chi connectivity index (χ3n) is 4.23. The molecule has 23 heavy (non-hydrogen) atoms. The van der Waals surface area contributed by atoms with Crippen molar-refractivity contribution in [1.29, 1.82) is 0 Å². The van der Waals surface area contributed by atoms with Gasteiger partial charge >= 0.3 is 0 Å². The molecule has 1 aliphatic carbocycles. The molecule has 2 aromatic heterocycles. The number of H-pyrrole nitrogens is 1. The molecule has 114 valence electrons. The molecule has 0 saturated heterocycles. The van der Waals surface area contributed by atoms with Crippen molar-refractivity contribution < 1.29 is 4.79 Å². The molecule has 0 saturated carbocycles. The Labute approximate surface area is 132 Å². The molecule has 5 heteroatoms. The molecule has 4 rings (SSSR count). The highest BCUT2D eigenvalue weighted by molar-refractivity contribution is 6.08. The van der Waals surface area contributed by atoms with E-state index in [4.69, 9.17) is 0 Å². The molecule has 0 radical (unpaired) electrons. The summed E-state index contributed by atoms with van der Waals surface area (Å²) in [4.78, 5) is 31.8. The normalized spacial score (nSPS) is 13.0. The lowest BCUT2D eigenvalue weighted by atomic mass is 10.1. The maximum Gasteiger partial charge on any atom is 0.261 e. The lowest BCUT2D eigenvalue weighted by molar-refractivity contribution is 0.102. The molecule has 1 aromatic carbocycles. The highest BCUT2D eigenvalue weighted by Crippen LogP contribution is 2.23. The average Bonchev–Trinajstić information content (AvgIpc) is 3.01. The minimum absolute atomic E-state index is 0.159. The lowest BCUT2D eigenvalue weighted by Crippen LogP contribution is -2.24. The number of hydrogen-bond donors (Lipinski definition) is 2. The fourth-order valence-electron chi connectivity index (χ4n) is 3.08. The standard InChI is InChI=1S/C18H15N3O2/c22-17-13(10-11-4-1-6-14(11)20-17)18(23)21-16-8-2-7-15-12(16)5-3-9-19-15/h2-3,5,7-10H,1,4,6H2,(H,20,22)(H,21,23). The average molecular weight is 305 g/mol. The first-order valence-corrected chi connectivity index (χ1v) is 7.62. The molecule has 1 amide bonds. The molecule has 1 aliphatic rings. The summed E-state index contributed by atoms with van der Waals surface area (Å²) in [5, 5.41) is 3.68. The molecular formula is C18H15N3O2. The smallest absolute Gasteiger partial charge is 0.261 e. The van der Waals surface area contributed by atoms with Crippen molar-refractivity contribution in [3.8, 4) is 0 Å². The van der Waals surface area contributed by atoms with Crippen LogP contribution in [0.25, 0.3) is 10.9 Å². The lowest BCUT2D eigenvalue weighted by Gasteiger charge is -2.09. The summed E-state index contributed by atoms with van der Waals surface area (Å²) in [5.74, 6) is -0.391. The van der Waals surface area contributed by atoms with Gasteiger partial charge in [-0.2, -0.15) is 0 Å². The highest BCUT2D eigenvalue weighted by Gasteiger charge is 2.18. The third-order valence-corrected chi connectivity index (χ3v) is 4.23. The third kappa shape index (κ3) is 2.40. The zero-order valence-corrected chi connectivity index (χ0v) is 12.4. The van der Waals surface area contributed by atoms with Crippen LogP contribution in [0.4, 0.5) is 5.69 Å². The van der Waals surface area contributed by atoms with Crippen LogP contribution >= 0.6 is 0 Å². The van der Waals surface area contributed by atoms with Crippen LogP contribution in [-0.4, -0.2) is 15.9 Å². The number of fused-ring (bicyclic) bond motifs is 2. The molecule has 3 aromatic rings. The summed E-state index contributed by atoms with van der Waals surface area (Å²) >= 11 is 0. The van der Waals surface area contributed by atoms with Gasteiger partial charge in [-0.15, -0.1) is 0 Å². The number of nitrogens with zero attached hydrogens (tertiary/aromatic N) is 1. The Hall–Kier alpha value is -2.95. The Bertz CT molecular complexity index is 970. The van der Waals surface area contributed by atoms with Crippen molar-refractivity contribution >= 4 is 22.5 Å². The maximum atomic E-state index is 12.5. The van der Waals surface area contributed by atoms with Crippen LogP contribution in [-0.2, 0) is 12.8 Å². The number of carbonyl (C=O) groups is 1. The van der Waals surface area contributed by atoms with Crippen molar-refractivity contribution in [2.45, 2.75) is 19.3 Å². The summed E-state index contributed by atoms with van der Waals surface area (Å²) in [7, 11) is 0. The molecule has 0 spiro atoms. The van der Waals surface area contributed by atoms with E-state index in [9.17, 15) is 9.59 Å². The van der Waals surface area contributed by atoms with E-state index in [1.54, 1.807) is 12.3 Å². The van der Waals surface area contributed by atoms with Gasteiger partial charge in [0.25, 0.3) is 11.5 Å². The van der Waals surface area contributed by atoms with E-state index >= 15 is 0 Å². The Morgan fingerprint density at radius 2 is 2.09 bits per heavy atom. The van der Waals surface area contributed by atoms with E-state index in [-0.39, 0.29) is 11.1 Å². The van der Waals surface area contributed by atoms with Crippen molar-refractivity contribution in [3.05, 3.63) is 69.8 Å². The van der Waals surface area contributed by atoms with Gasteiger partial charge in [0.1, 0.15) is 5.56 Å². The summed E-state index contributed by atoms with van der Waals surface area (Å²) < 4.78 is 0. The second-order valence-electron chi connectivity index (χ2n) is 5.70. The van der Waals surface area contributed by atoms with Gasteiger partial charge in [-0.3, -0.25) is 14.6 Å². The Morgan fingerprint density at radius 1 is 1.17 bits per heavy atom. The second kappa shape index (κ2) is 5.35. The zero-order chi connectivity index (χ0) is 15.8. The van der Waals surface area contributed by atoms with Crippen LogP contribution < -0.4 is 10.9 Å². The van der Waals surface area contributed by atoms with Gasteiger partial charge < -0.3 is 10.3 Å². The van der Waals surface area contributed by atoms with Crippen LogP contribution in [0.1, 0.15) is 28.0 Å². The van der Waals surface area contributed by atoms with Crippen molar-refractivity contribution in [3.63, 3.8) is 0 Å². The minimum atomic E-state index is -0.391. The zero-order valence-electron chi connectivity index (χ0n) is 12.4. The predicted molar refractivity (Wildman–Crippen MR) is 88.8 cm³/mol. The van der Waals surface area contributed by atoms with Crippen LogP contribution in [0.5, 0.6) is 0 Å². The number of rotatable bonds is 2. The largest absolute Gasteiger partial charge is 0.325 e. The highest BCUT2D eigenvalue weighted by atomic mass is 16.2. The Balaban J connectivity index is 1.72. The van der Waals surface area contributed by atoms with Crippen molar-refractivity contribution in [2.75, 3.05) is 5.32 Å². The van der Waals surface area contributed by atoms with Gasteiger partial charge in [0.2, 0.25) is 0 Å². The number of aromatic nitrogens is 2. The van der Waals surface area contributed by atoms with Crippen molar-refractivity contribution in [1.82, 2.24) is 9.97 Å². The van der Waals surface area contributed by atoms with E-state index in [1.807, 2.05) is 30.3 Å². The van der Waals surface area contributed by atoms with Gasteiger partial charge in [-0.1, -0.05) is 6.07 Å². The summed E-state index contributed by atoms with van der Waals surface area (Å²) in [5.41, 5.74) is 3.30. The number of aryl methyl sites for hydroxylation is 2. The summed E-state index contributed by atoms with van der Waals surface area (Å²) in [6, 6.07) is 11.0. The molecule has 0 fully saturated rings. The molecule has 0 bridgehead atoms. The minimum Gasteiger partial charge on any atom is -0.325 e. The summed E-state index contributed by atoms with van der Waals surface area (Å²) in [6.07, 6.45) is 4.51. The fraction of sp³-hybridized carbons (Fsp3) is 0.167. The van der Waals surface area contributed by atoms with Gasteiger partial charge in [0.05, 0.1) is 11.2 Å². The van der Waals surface area contributed by atoms with Gasteiger partial charge in [-0.05, 0) is 55.2 Å². The van der Waals surface area contributed by atoms with Gasteiger partial charge in [0, 0.05) is 17.3 Å². The molecule has 2 heterocycles. The summed E-state index contributed by atoms with van der Waals surface area (Å²) in [6.45, 7) is 0. The topological polar surface area (TPSA) is 74.8 Å². The van der Waals surface area contributed by atoms with E-state index in [2.05, 4.69) is 15.3 Å². The van der Waals surface area contributed by atoms with Gasteiger partial charge in [0.15, 0.2) is 0 Å². The first kappa shape index (κ1) is 13.7. The van der Waals surface area contributed by atoms with Gasteiger partial charge in [-0.25, -0.2) is 0 Å². The number of amides is 1. The van der Waals surface area contributed by atoms with Crippen molar-refractivity contribution in [2.24, 2.45) is 0 Å². The number of pyridine rings is 2. The molecule has 5 nitrogen and oxygen atoms in total. The maximum absolute atomic E-state index is 12.5. The SMILES string of the molecule is O=C(Nc1cccc2ncccc12)c1cc2c([nH]c1=O)CCC2. The second-order valence-corrected chi connectivity index (χ2v) is 5.70. The predicted octanol–water partition coefficient (Wildman–Crippen LogP) is 2.66. The molecule has 0 atom stereocenters. The van der Waals surface area contributed by atoms with E-state index in [0.717, 1.165) is 41.4 Å². The number of nitrogens with one attached hydrogen (secondary N) is 2. The van der Waals surface area contributed by atoms with Crippen LogP contribution in [0.15, 0.2) is 47.4 Å². The van der Waals surface area contributed by atoms with E-state index in [1.165, 1.54) is 0 Å².